The van der Waals surface area contributed by atoms with E-state index in [1.165, 1.54) is 0 Å². The minimum absolute atomic E-state index is 0.802. The lowest BCUT2D eigenvalue weighted by Crippen LogP contribution is -1.66. The van der Waals surface area contributed by atoms with E-state index in [2.05, 4.69) is 31.8 Å². The highest BCUT2D eigenvalue weighted by Gasteiger charge is 1.86. The van der Waals surface area contributed by atoms with Crippen molar-refractivity contribution >= 4 is 25.3 Å². The van der Waals surface area contributed by atoms with E-state index >= 15 is 0 Å². The van der Waals surface area contributed by atoms with E-state index in [0.717, 1.165) is 9.81 Å². The van der Waals surface area contributed by atoms with Crippen molar-refractivity contribution in [2.75, 3.05) is 0 Å². The highest BCUT2D eigenvalue weighted by molar-refractivity contribution is 7.88. The van der Waals surface area contributed by atoms with Crippen molar-refractivity contribution in [1.29, 1.82) is 0 Å². The molecule has 0 aliphatic rings. The first-order valence-corrected chi connectivity index (χ1v) is 3.49. The Hall–Kier alpha value is -0.0800. The van der Waals surface area contributed by atoms with Gasteiger partial charge in [0.05, 0.1) is 0 Å². The molecule has 0 N–H and O–H groups in total. The topological polar surface area (TPSA) is 0 Å². The van der Waals surface area contributed by atoms with Crippen molar-refractivity contribution in [3.05, 3.63) is 34.6 Å². The second-order valence-electron chi connectivity index (χ2n) is 1.47. The molecule has 0 saturated carbocycles. The molecule has 0 nitrogen and oxygen atoms in total. The third kappa shape index (κ3) is 3.49. The smallest absolute Gasteiger partial charge is 0.0170 e. The largest absolute Gasteiger partial charge is 0.142 e. The predicted molar refractivity (Wildman–Crippen MR) is 50.0 cm³/mol. The van der Waals surface area contributed by atoms with Gasteiger partial charge in [-0.15, -0.1) is 25.3 Å². The molecule has 0 bridgehead atoms. The van der Waals surface area contributed by atoms with Crippen LogP contribution < -0.4 is 0 Å². The summed E-state index contributed by atoms with van der Waals surface area (Å²) >= 11 is 8.22. The summed E-state index contributed by atoms with van der Waals surface area (Å²) in [4.78, 5) is 1.65. The molecule has 0 fully saturated rings. The Morgan fingerprint density at radius 3 is 2.22 bits per heavy atom. The molecule has 0 radical (unpaired) electrons. The quantitative estimate of drug-likeness (QED) is 0.448. The second kappa shape index (κ2) is 4.77. The zero-order valence-corrected chi connectivity index (χ0v) is 7.12. The van der Waals surface area contributed by atoms with Gasteiger partial charge in [-0.25, -0.2) is 0 Å². The molecule has 0 aromatic carbocycles. The summed E-state index contributed by atoms with van der Waals surface area (Å²) in [5.41, 5.74) is 0. The van der Waals surface area contributed by atoms with E-state index in [4.69, 9.17) is 0 Å². The molecular formula is C7H10S2. The molecule has 0 saturated heterocycles. The highest BCUT2D eigenvalue weighted by Crippen LogP contribution is 2.14. The molecule has 0 atom stereocenters. The van der Waals surface area contributed by atoms with E-state index in [0.29, 0.717) is 0 Å². The van der Waals surface area contributed by atoms with Gasteiger partial charge < -0.3 is 0 Å². The van der Waals surface area contributed by atoms with Gasteiger partial charge in [0.15, 0.2) is 0 Å². The second-order valence-corrected chi connectivity index (χ2v) is 2.44. The Bertz CT molecular complexity index is 154. The van der Waals surface area contributed by atoms with Gasteiger partial charge in [0, 0.05) is 9.81 Å². The third-order valence-corrected chi connectivity index (χ3v) is 1.77. The Labute approximate surface area is 67.2 Å². The summed E-state index contributed by atoms with van der Waals surface area (Å²) in [6.07, 6.45) is 5.43. The molecule has 0 rings (SSSR count). The molecule has 2 heteroatoms. The Morgan fingerprint density at radius 2 is 1.89 bits per heavy atom. The SMILES string of the molecule is C=C/C(S)=C(S)\C=C/C. The van der Waals surface area contributed by atoms with Crippen LogP contribution in [-0.4, -0.2) is 0 Å². The van der Waals surface area contributed by atoms with Crippen molar-refractivity contribution in [2.24, 2.45) is 0 Å². The lowest BCUT2D eigenvalue weighted by atomic mass is 10.4. The molecular weight excluding hydrogens is 148 g/mol. The van der Waals surface area contributed by atoms with Crippen LogP contribution in [0.4, 0.5) is 0 Å². The molecule has 0 aromatic rings. The first kappa shape index (κ1) is 8.92. The van der Waals surface area contributed by atoms with Gasteiger partial charge in [0.25, 0.3) is 0 Å². The number of rotatable bonds is 2. The van der Waals surface area contributed by atoms with Crippen LogP contribution in [0.15, 0.2) is 34.6 Å². The zero-order valence-electron chi connectivity index (χ0n) is 5.33. The first-order chi connectivity index (χ1) is 4.22. The maximum Gasteiger partial charge on any atom is 0.0170 e. The predicted octanol–water partition coefficient (Wildman–Crippen LogP) is 2.82. The van der Waals surface area contributed by atoms with Gasteiger partial charge >= 0.3 is 0 Å². The molecule has 0 amide bonds. The van der Waals surface area contributed by atoms with Crippen molar-refractivity contribution in [3.63, 3.8) is 0 Å². The van der Waals surface area contributed by atoms with Crippen molar-refractivity contribution in [1.82, 2.24) is 0 Å². The van der Waals surface area contributed by atoms with Gasteiger partial charge in [-0.2, -0.15) is 0 Å². The molecule has 0 unspecified atom stereocenters. The Balaban J connectivity index is 4.27. The molecule has 0 aliphatic carbocycles. The monoisotopic (exact) mass is 158 g/mol. The van der Waals surface area contributed by atoms with E-state index < -0.39 is 0 Å². The zero-order chi connectivity index (χ0) is 7.28. The summed E-state index contributed by atoms with van der Waals surface area (Å²) in [6.45, 7) is 5.48. The highest BCUT2D eigenvalue weighted by atomic mass is 32.1. The van der Waals surface area contributed by atoms with Crippen molar-refractivity contribution in [3.8, 4) is 0 Å². The average Bonchev–Trinajstić information content (AvgIpc) is 1.87. The summed E-state index contributed by atoms with van der Waals surface area (Å²) in [5.74, 6) is 0. The summed E-state index contributed by atoms with van der Waals surface area (Å²) in [5, 5.41) is 0. The molecule has 0 spiro atoms. The molecule has 9 heavy (non-hydrogen) atoms. The lowest BCUT2D eigenvalue weighted by Gasteiger charge is -1.91. The van der Waals surface area contributed by atoms with Crippen molar-refractivity contribution < 1.29 is 0 Å². The fourth-order valence-corrected chi connectivity index (χ4v) is 0.663. The van der Waals surface area contributed by atoms with E-state index in [9.17, 15) is 0 Å². The number of allylic oxidation sites excluding steroid dienone is 3. The van der Waals surface area contributed by atoms with Gasteiger partial charge in [0.1, 0.15) is 0 Å². The van der Waals surface area contributed by atoms with Gasteiger partial charge in [0.2, 0.25) is 0 Å². The van der Waals surface area contributed by atoms with Crippen LogP contribution in [0.5, 0.6) is 0 Å². The van der Waals surface area contributed by atoms with Gasteiger partial charge in [-0.1, -0.05) is 24.8 Å². The maximum atomic E-state index is 4.13. The number of thiol groups is 2. The van der Waals surface area contributed by atoms with Crippen molar-refractivity contribution in [2.45, 2.75) is 6.92 Å². The first-order valence-electron chi connectivity index (χ1n) is 2.59. The molecule has 0 heterocycles. The van der Waals surface area contributed by atoms with Crippen LogP contribution in [0, 0.1) is 0 Å². The maximum absolute atomic E-state index is 4.13. The van der Waals surface area contributed by atoms with Crippen LogP contribution in [0.25, 0.3) is 0 Å². The summed E-state index contributed by atoms with van der Waals surface area (Å²) in [7, 11) is 0. The average molecular weight is 158 g/mol. The van der Waals surface area contributed by atoms with E-state index in [1.54, 1.807) is 6.08 Å². The standard InChI is InChI=1S/C7H10S2/c1-3-5-7(9)6(8)4-2/h3-5,8-9H,2H2,1H3/b5-3-,7-6-. The van der Waals surface area contributed by atoms with E-state index in [1.807, 2.05) is 19.1 Å². The molecule has 0 aromatic heterocycles. The Kier molecular flexibility index (Phi) is 4.72. The third-order valence-electron chi connectivity index (χ3n) is 0.780. The minimum Gasteiger partial charge on any atom is -0.142 e. The van der Waals surface area contributed by atoms with Crippen LogP contribution in [0.1, 0.15) is 6.92 Å². The minimum atomic E-state index is 0.802. The summed E-state index contributed by atoms with van der Waals surface area (Å²) < 4.78 is 0. The van der Waals surface area contributed by atoms with Gasteiger partial charge in [-0.3, -0.25) is 0 Å². The normalized spacial score (nSPS) is 13.7. The lowest BCUT2D eigenvalue weighted by molar-refractivity contribution is 1.71. The van der Waals surface area contributed by atoms with Crippen LogP contribution in [-0.2, 0) is 0 Å². The summed E-state index contributed by atoms with van der Waals surface area (Å²) in [6, 6.07) is 0. The molecule has 0 aliphatic heterocycles. The van der Waals surface area contributed by atoms with Gasteiger partial charge in [-0.05, 0) is 6.92 Å². The van der Waals surface area contributed by atoms with Crippen LogP contribution in [0.2, 0.25) is 0 Å². The molecule has 50 valence electrons. The van der Waals surface area contributed by atoms with E-state index in [-0.39, 0.29) is 0 Å². The number of hydrogen-bond acceptors (Lipinski definition) is 2. The number of hydrogen-bond donors (Lipinski definition) is 2. The Morgan fingerprint density at radius 1 is 1.33 bits per heavy atom. The fourth-order valence-electron chi connectivity index (χ4n) is 0.348. The van der Waals surface area contributed by atoms with Crippen LogP contribution in [0.3, 0.4) is 0 Å². The van der Waals surface area contributed by atoms with Crippen LogP contribution >= 0.6 is 25.3 Å². The fraction of sp³-hybridized carbons (Fsp3) is 0.143.